The first-order chi connectivity index (χ1) is 12.0. The van der Waals surface area contributed by atoms with Crippen LogP contribution in [0, 0.1) is 6.92 Å². The number of hydrogen-bond acceptors (Lipinski definition) is 4. The third-order valence-electron chi connectivity index (χ3n) is 3.77. The number of nitrogens with zero attached hydrogens (tertiary/aromatic N) is 1. The molecule has 0 bridgehead atoms. The number of aryl methyl sites for hydroxylation is 1. The maximum Gasteiger partial charge on any atom is 0.338 e. The van der Waals surface area contributed by atoms with Crippen LogP contribution in [0.1, 0.15) is 29.8 Å². The van der Waals surface area contributed by atoms with Gasteiger partial charge >= 0.3 is 5.97 Å². The van der Waals surface area contributed by atoms with E-state index >= 15 is 0 Å². The van der Waals surface area contributed by atoms with E-state index in [-0.39, 0.29) is 18.4 Å². The lowest BCUT2D eigenvalue weighted by Gasteiger charge is -2.23. The molecule has 2 aromatic carbocycles. The number of likely N-dealkylation sites (N-methyl/N-ethyl adjacent to an activating group) is 1. The van der Waals surface area contributed by atoms with Crippen LogP contribution in [-0.2, 0) is 9.53 Å². The van der Waals surface area contributed by atoms with Crippen molar-refractivity contribution in [2.75, 3.05) is 29.9 Å². The molecule has 0 unspecified atom stereocenters. The lowest BCUT2D eigenvalue weighted by Crippen LogP contribution is -2.33. The van der Waals surface area contributed by atoms with Crippen LogP contribution in [0.15, 0.2) is 48.5 Å². The molecule has 0 aliphatic carbocycles. The smallest absolute Gasteiger partial charge is 0.338 e. The van der Waals surface area contributed by atoms with Crippen LogP contribution in [0.25, 0.3) is 0 Å². The van der Waals surface area contributed by atoms with Gasteiger partial charge < -0.3 is 15.0 Å². The summed E-state index contributed by atoms with van der Waals surface area (Å²) in [6.45, 7) is 6.93. The minimum atomic E-state index is -0.357. The molecule has 0 saturated heterocycles. The van der Waals surface area contributed by atoms with Gasteiger partial charge in [0.05, 0.1) is 18.7 Å². The van der Waals surface area contributed by atoms with Crippen LogP contribution in [0.3, 0.4) is 0 Å². The molecule has 5 nitrogen and oxygen atoms in total. The Labute approximate surface area is 148 Å². The number of carbonyl (C=O) groups excluding carboxylic acids is 2. The first kappa shape index (κ1) is 18.5. The van der Waals surface area contributed by atoms with Crippen molar-refractivity contribution in [3.63, 3.8) is 0 Å². The summed E-state index contributed by atoms with van der Waals surface area (Å²) in [5.41, 5.74) is 3.21. The van der Waals surface area contributed by atoms with Crippen molar-refractivity contribution >= 4 is 23.3 Å². The number of benzene rings is 2. The number of hydrogen-bond donors (Lipinski definition) is 1. The molecule has 0 aromatic heterocycles. The third-order valence-corrected chi connectivity index (χ3v) is 3.77. The van der Waals surface area contributed by atoms with Crippen molar-refractivity contribution in [2.24, 2.45) is 0 Å². The van der Waals surface area contributed by atoms with Crippen LogP contribution in [0.4, 0.5) is 11.4 Å². The van der Waals surface area contributed by atoms with Gasteiger partial charge in [0.15, 0.2) is 0 Å². The highest BCUT2D eigenvalue weighted by Gasteiger charge is 2.13. The largest absolute Gasteiger partial charge is 0.462 e. The van der Waals surface area contributed by atoms with Gasteiger partial charge in [-0.3, -0.25) is 4.79 Å². The number of amides is 1. The monoisotopic (exact) mass is 340 g/mol. The zero-order chi connectivity index (χ0) is 18.2. The highest BCUT2D eigenvalue weighted by molar-refractivity contribution is 5.94. The van der Waals surface area contributed by atoms with E-state index < -0.39 is 0 Å². The molecule has 2 aromatic rings. The molecule has 1 N–H and O–H groups in total. The molecule has 5 heteroatoms. The quantitative estimate of drug-likeness (QED) is 0.782. The van der Waals surface area contributed by atoms with Gasteiger partial charge in [0, 0.05) is 17.9 Å². The molecule has 0 fully saturated rings. The van der Waals surface area contributed by atoms with Crippen LogP contribution >= 0.6 is 0 Å². The molecule has 25 heavy (non-hydrogen) atoms. The lowest BCUT2D eigenvalue weighted by atomic mass is 10.2. The predicted molar refractivity (Wildman–Crippen MR) is 100 cm³/mol. The van der Waals surface area contributed by atoms with E-state index in [0.29, 0.717) is 18.7 Å². The molecule has 0 saturated carbocycles. The topological polar surface area (TPSA) is 58.6 Å². The number of carbonyl (C=O) groups is 2. The van der Waals surface area contributed by atoms with Crippen LogP contribution in [-0.4, -0.2) is 31.6 Å². The average Bonchev–Trinajstić information content (AvgIpc) is 2.62. The molecular formula is C20H24N2O3. The predicted octanol–water partition coefficient (Wildman–Crippen LogP) is 3.64. The van der Waals surface area contributed by atoms with Crippen molar-refractivity contribution in [1.29, 1.82) is 0 Å². The van der Waals surface area contributed by atoms with Crippen LogP contribution in [0.5, 0.6) is 0 Å². The Kier molecular flexibility index (Phi) is 6.57. The van der Waals surface area contributed by atoms with Crippen LogP contribution < -0.4 is 10.2 Å². The molecular weight excluding hydrogens is 316 g/mol. The minimum absolute atomic E-state index is 0.104. The summed E-state index contributed by atoms with van der Waals surface area (Å²) in [6.07, 6.45) is 0. The molecule has 1 amide bonds. The Morgan fingerprint density at radius 3 is 2.44 bits per heavy atom. The molecule has 0 aliphatic rings. The fourth-order valence-electron chi connectivity index (χ4n) is 2.44. The Balaban J connectivity index is 2.06. The van der Waals surface area contributed by atoms with Crippen molar-refractivity contribution in [3.05, 3.63) is 59.7 Å². The number of ether oxygens (including phenoxy) is 1. The molecule has 0 aliphatic heterocycles. The Morgan fingerprint density at radius 1 is 1.08 bits per heavy atom. The van der Waals surface area contributed by atoms with Gasteiger partial charge in [0.25, 0.3) is 0 Å². The van der Waals surface area contributed by atoms with Crippen molar-refractivity contribution in [2.45, 2.75) is 20.8 Å². The first-order valence-corrected chi connectivity index (χ1v) is 8.42. The lowest BCUT2D eigenvalue weighted by molar-refractivity contribution is -0.115. The SMILES string of the molecule is CCOC(=O)c1cccc(N(CC)CC(=O)Nc2ccc(C)cc2)c1. The van der Waals surface area contributed by atoms with E-state index in [1.54, 1.807) is 25.1 Å². The van der Waals surface area contributed by atoms with E-state index in [0.717, 1.165) is 16.9 Å². The Hall–Kier alpha value is -2.82. The summed E-state index contributed by atoms with van der Waals surface area (Å²) in [7, 11) is 0. The molecule has 0 heterocycles. The zero-order valence-electron chi connectivity index (χ0n) is 14.9. The summed E-state index contributed by atoms with van der Waals surface area (Å²) in [6, 6.07) is 14.8. The summed E-state index contributed by atoms with van der Waals surface area (Å²) in [4.78, 5) is 26.1. The van der Waals surface area contributed by atoms with Gasteiger partial charge in [-0.2, -0.15) is 0 Å². The third kappa shape index (κ3) is 5.35. The molecule has 0 radical (unpaired) electrons. The van der Waals surface area contributed by atoms with Gasteiger partial charge in [0.2, 0.25) is 5.91 Å². The standard InChI is InChI=1S/C20H24N2O3/c1-4-22(14-19(23)21-17-11-9-15(3)10-12-17)18-8-6-7-16(13-18)20(24)25-5-2/h6-13H,4-5,14H2,1-3H3,(H,21,23). The van der Waals surface area contributed by atoms with Gasteiger partial charge in [-0.1, -0.05) is 23.8 Å². The van der Waals surface area contributed by atoms with E-state index in [2.05, 4.69) is 5.32 Å². The zero-order valence-corrected chi connectivity index (χ0v) is 14.9. The average molecular weight is 340 g/mol. The number of nitrogens with one attached hydrogen (secondary N) is 1. The number of rotatable bonds is 7. The van der Waals surface area contributed by atoms with Gasteiger partial charge in [-0.15, -0.1) is 0 Å². The van der Waals surface area contributed by atoms with Gasteiger partial charge in [0.1, 0.15) is 0 Å². The number of esters is 1. The summed E-state index contributed by atoms with van der Waals surface area (Å²) < 4.78 is 5.03. The molecule has 0 spiro atoms. The summed E-state index contributed by atoms with van der Waals surface area (Å²) in [5, 5.41) is 2.89. The van der Waals surface area contributed by atoms with Crippen molar-refractivity contribution in [3.8, 4) is 0 Å². The summed E-state index contributed by atoms with van der Waals surface area (Å²) >= 11 is 0. The second-order valence-electron chi connectivity index (χ2n) is 5.70. The number of anilines is 2. The van der Waals surface area contributed by atoms with E-state index in [1.807, 2.05) is 49.1 Å². The highest BCUT2D eigenvalue weighted by atomic mass is 16.5. The maximum atomic E-state index is 12.3. The van der Waals surface area contributed by atoms with Crippen molar-refractivity contribution < 1.29 is 14.3 Å². The molecule has 2 rings (SSSR count). The van der Waals surface area contributed by atoms with E-state index in [1.165, 1.54) is 0 Å². The molecule has 0 atom stereocenters. The van der Waals surface area contributed by atoms with E-state index in [9.17, 15) is 9.59 Å². The van der Waals surface area contributed by atoms with E-state index in [4.69, 9.17) is 4.74 Å². The maximum absolute atomic E-state index is 12.3. The second kappa shape index (κ2) is 8.87. The van der Waals surface area contributed by atoms with Gasteiger partial charge in [-0.25, -0.2) is 4.79 Å². The first-order valence-electron chi connectivity index (χ1n) is 8.42. The fraction of sp³-hybridized carbons (Fsp3) is 0.300. The Bertz CT molecular complexity index is 726. The summed E-state index contributed by atoms with van der Waals surface area (Å²) in [5.74, 6) is -0.461. The van der Waals surface area contributed by atoms with Crippen LogP contribution in [0.2, 0.25) is 0 Å². The molecule has 132 valence electrons. The second-order valence-corrected chi connectivity index (χ2v) is 5.70. The minimum Gasteiger partial charge on any atom is -0.462 e. The van der Waals surface area contributed by atoms with Crippen molar-refractivity contribution in [1.82, 2.24) is 0 Å². The Morgan fingerprint density at radius 2 is 1.80 bits per heavy atom. The normalized spacial score (nSPS) is 10.2. The van der Waals surface area contributed by atoms with Gasteiger partial charge in [-0.05, 0) is 51.1 Å². The fourth-order valence-corrected chi connectivity index (χ4v) is 2.44. The highest BCUT2D eigenvalue weighted by Crippen LogP contribution is 2.17.